The van der Waals surface area contributed by atoms with Crippen molar-refractivity contribution in [2.45, 2.75) is 65.6 Å². The molecule has 1 saturated heterocycles. The van der Waals surface area contributed by atoms with Gasteiger partial charge in [-0.3, -0.25) is 9.89 Å². The van der Waals surface area contributed by atoms with Crippen molar-refractivity contribution in [2.75, 3.05) is 45.9 Å². The first-order valence-corrected chi connectivity index (χ1v) is 9.87. The van der Waals surface area contributed by atoms with Crippen LogP contribution in [0.5, 0.6) is 0 Å². The second-order valence-corrected chi connectivity index (χ2v) is 8.58. The van der Waals surface area contributed by atoms with Gasteiger partial charge in [0.1, 0.15) is 5.60 Å². The van der Waals surface area contributed by atoms with Gasteiger partial charge in [0.25, 0.3) is 0 Å². The normalized spacial score (nSPS) is 18.0. The summed E-state index contributed by atoms with van der Waals surface area (Å²) in [5.41, 5.74) is -1.03. The Hall–Kier alpha value is -1.54. The summed E-state index contributed by atoms with van der Waals surface area (Å²) in [6.45, 7) is 19.2. The summed E-state index contributed by atoms with van der Waals surface area (Å²) >= 11 is 0. The zero-order chi connectivity index (χ0) is 20.5. The molecule has 1 aliphatic heterocycles. The predicted octanol–water partition coefficient (Wildman–Crippen LogP) is 1.57. The molecule has 0 aromatic carbocycles. The molecule has 1 rings (SSSR count). The van der Waals surface area contributed by atoms with E-state index in [1.54, 1.807) is 0 Å². The molecule has 158 valence electrons. The van der Waals surface area contributed by atoms with E-state index in [0.29, 0.717) is 12.6 Å². The molecule has 3 N–H and O–H groups in total. The van der Waals surface area contributed by atoms with E-state index in [1.165, 1.54) is 0 Å². The molecule has 1 unspecified atom stereocenters. The number of aliphatic imine (C=N–C) groups is 1. The maximum atomic E-state index is 12.0. The summed E-state index contributed by atoms with van der Waals surface area (Å²) in [6, 6.07) is 0.394. The molecule has 27 heavy (non-hydrogen) atoms. The van der Waals surface area contributed by atoms with Gasteiger partial charge >= 0.3 is 6.09 Å². The molecule has 8 nitrogen and oxygen atoms in total. The number of carbonyl (C=O) groups is 1. The van der Waals surface area contributed by atoms with Crippen molar-refractivity contribution in [3.63, 3.8) is 0 Å². The highest BCUT2D eigenvalue weighted by Crippen LogP contribution is 2.10. The van der Waals surface area contributed by atoms with Crippen LogP contribution in [-0.4, -0.2) is 80.1 Å². The molecule has 1 fully saturated rings. The highest BCUT2D eigenvalue weighted by molar-refractivity contribution is 5.79. The third-order valence-electron chi connectivity index (χ3n) is 4.05. The number of rotatable bonds is 7. The summed E-state index contributed by atoms with van der Waals surface area (Å²) in [4.78, 5) is 19.0. The highest BCUT2D eigenvalue weighted by atomic mass is 16.6. The summed E-state index contributed by atoms with van der Waals surface area (Å²) in [5, 5.41) is 9.53. The van der Waals surface area contributed by atoms with Gasteiger partial charge in [0.2, 0.25) is 0 Å². The number of hydrogen-bond donors (Lipinski definition) is 3. The number of guanidine groups is 1. The van der Waals surface area contributed by atoms with Gasteiger partial charge in [0.05, 0.1) is 25.3 Å². The molecule has 0 radical (unpaired) electrons. The molecule has 8 heteroatoms. The van der Waals surface area contributed by atoms with E-state index in [1.807, 2.05) is 41.5 Å². The van der Waals surface area contributed by atoms with E-state index in [9.17, 15) is 4.79 Å². The van der Waals surface area contributed by atoms with Crippen molar-refractivity contribution in [1.29, 1.82) is 0 Å². The van der Waals surface area contributed by atoms with Crippen molar-refractivity contribution in [3.05, 3.63) is 0 Å². The third kappa shape index (κ3) is 10.4. The average molecular weight is 386 g/mol. The van der Waals surface area contributed by atoms with E-state index >= 15 is 0 Å². The summed E-state index contributed by atoms with van der Waals surface area (Å²) in [6.07, 6.45) is -0.429. The van der Waals surface area contributed by atoms with Crippen molar-refractivity contribution in [3.8, 4) is 0 Å². The van der Waals surface area contributed by atoms with E-state index < -0.39 is 17.2 Å². The van der Waals surface area contributed by atoms with Gasteiger partial charge < -0.3 is 25.4 Å². The number of hydrogen-bond acceptors (Lipinski definition) is 5. The summed E-state index contributed by atoms with van der Waals surface area (Å²) in [7, 11) is 0. The molecule has 0 saturated carbocycles. The van der Waals surface area contributed by atoms with Crippen LogP contribution in [0, 0.1) is 0 Å². The van der Waals surface area contributed by atoms with Crippen LogP contribution in [0.4, 0.5) is 4.79 Å². The SMILES string of the molecule is CCNC(=NCC(C)(C)NC(=O)OC(C)(C)C)NCC(C)N1CCOCC1. The Kier molecular flexibility index (Phi) is 9.32. The quantitative estimate of drug-likeness (QED) is 0.455. The maximum absolute atomic E-state index is 12.0. The minimum atomic E-state index is -0.518. The first kappa shape index (κ1) is 23.5. The summed E-state index contributed by atoms with van der Waals surface area (Å²) in [5.74, 6) is 0.747. The Morgan fingerprint density at radius 3 is 2.37 bits per heavy atom. The van der Waals surface area contributed by atoms with Crippen LogP contribution >= 0.6 is 0 Å². The smallest absolute Gasteiger partial charge is 0.408 e. The molecule has 0 bridgehead atoms. The second kappa shape index (κ2) is 10.7. The zero-order valence-electron chi connectivity index (χ0n) is 18.1. The van der Waals surface area contributed by atoms with E-state index in [-0.39, 0.29) is 0 Å². The van der Waals surface area contributed by atoms with Crippen LogP contribution < -0.4 is 16.0 Å². The van der Waals surface area contributed by atoms with Crippen molar-refractivity contribution in [2.24, 2.45) is 4.99 Å². The number of ether oxygens (including phenoxy) is 2. The monoisotopic (exact) mass is 385 g/mol. The first-order chi connectivity index (χ1) is 12.5. The zero-order valence-corrected chi connectivity index (χ0v) is 18.1. The number of alkyl carbamates (subject to hydrolysis) is 1. The van der Waals surface area contributed by atoms with Crippen molar-refractivity contribution >= 4 is 12.1 Å². The third-order valence-corrected chi connectivity index (χ3v) is 4.05. The van der Waals surface area contributed by atoms with Gasteiger partial charge in [-0.05, 0) is 48.5 Å². The van der Waals surface area contributed by atoms with Gasteiger partial charge in [-0.1, -0.05) is 0 Å². The van der Waals surface area contributed by atoms with Crippen LogP contribution in [0.15, 0.2) is 4.99 Å². The highest BCUT2D eigenvalue weighted by Gasteiger charge is 2.24. The van der Waals surface area contributed by atoms with Gasteiger partial charge in [0, 0.05) is 32.2 Å². The van der Waals surface area contributed by atoms with Gasteiger partial charge in [-0.25, -0.2) is 4.79 Å². The number of nitrogens with zero attached hydrogens (tertiary/aromatic N) is 2. The largest absolute Gasteiger partial charge is 0.444 e. The number of nitrogens with one attached hydrogen (secondary N) is 3. The van der Waals surface area contributed by atoms with Gasteiger partial charge in [0.15, 0.2) is 5.96 Å². The standard InChI is InChI=1S/C19H39N5O3/c1-8-20-16(21-13-15(2)24-9-11-26-12-10-24)22-14-19(6,7)23-17(25)27-18(3,4)5/h15H,8-14H2,1-7H3,(H,23,25)(H2,20,21,22). The molecule has 0 aromatic rings. The molecular weight excluding hydrogens is 346 g/mol. The Morgan fingerprint density at radius 2 is 1.81 bits per heavy atom. The van der Waals surface area contributed by atoms with Gasteiger partial charge in [-0.2, -0.15) is 0 Å². The predicted molar refractivity (Wildman–Crippen MR) is 109 cm³/mol. The molecule has 0 spiro atoms. The molecule has 1 amide bonds. The number of amides is 1. The van der Waals surface area contributed by atoms with Crippen molar-refractivity contribution < 1.29 is 14.3 Å². The van der Waals surface area contributed by atoms with Gasteiger partial charge in [-0.15, -0.1) is 0 Å². The fraction of sp³-hybridized carbons (Fsp3) is 0.895. The van der Waals surface area contributed by atoms with Crippen LogP contribution in [0.2, 0.25) is 0 Å². The van der Waals surface area contributed by atoms with Crippen LogP contribution in [0.3, 0.4) is 0 Å². The minimum absolute atomic E-state index is 0.394. The van der Waals surface area contributed by atoms with Crippen LogP contribution in [0.25, 0.3) is 0 Å². The lowest BCUT2D eigenvalue weighted by atomic mass is 10.1. The van der Waals surface area contributed by atoms with Crippen molar-refractivity contribution in [1.82, 2.24) is 20.9 Å². The fourth-order valence-electron chi connectivity index (χ4n) is 2.63. The lowest BCUT2D eigenvalue weighted by Gasteiger charge is -2.32. The van der Waals surface area contributed by atoms with Crippen LogP contribution in [-0.2, 0) is 9.47 Å². The van der Waals surface area contributed by atoms with E-state index in [2.05, 4.69) is 32.8 Å². The first-order valence-electron chi connectivity index (χ1n) is 9.87. The lowest BCUT2D eigenvalue weighted by molar-refractivity contribution is 0.0211. The topological polar surface area (TPSA) is 87.2 Å². The van der Waals surface area contributed by atoms with E-state index in [0.717, 1.165) is 45.4 Å². The number of morpholine rings is 1. The minimum Gasteiger partial charge on any atom is -0.444 e. The Bertz CT molecular complexity index is 482. The Balaban J connectivity index is 2.54. The van der Waals surface area contributed by atoms with E-state index in [4.69, 9.17) is 9.47 Å². The molecule has 1 heterocycles. The maximum Gasteiger partial charge on any atom is 0.408 e. The Labute approximate surface area is 164 Å². The molecule has 1 atom stereocenters. The summed E-state index contributed by atoms with van der Waals surface area (Å²) < 4.78 is 10.7. The second-order valence-electron chi connectivity index (χ2n) is 8.58. The van der Waals surface area contributed by atoms with Crippen LogP contribution in [0.1, 0.15) is 48.5 Å². The molecule has 0 aromatic heterocycles. The lowest BCUT2D eigenvalue weighted by Crippen LogP contribution is -2.50. The molecule has 0 aliphatic carbocycles. The Morgan fingerprint density at radius 1 is 1.19 bits per heavy atom. The molecular formula is C19H39N5O3. The average Bonchev–Trinajstić information content (AvgIpc) is 2.55. The number of carbonyl (C=O) groups excluding carboxylic acids is 1. The fourth-order valence-corrected chi connectivity index (χ4v) is 2.63. The molecule has 1 aliphatic rings.